The summed E-state index contributed by atoms with van der Waals surface area (Å²) < 4.78 is 17.0. The van der Waals surface area contributed by atoms with Gasteiger partial charge in [-0.15, -0.1) is 24.4 Å². The number of thioether (sulfide) groups is 1. The fourth-order valence-electron chi connectivity index (χ4n) is 4.52. The SMILES string of the molecule is COc1cc2c(c(OC)c1OC)-c1ccc(SC)c(=O)cc1[C@@H](NC(=O)c1ccccc1S)CC2. The van der Waals surface area contributed by atoms with Crippen molar-refractivity contribution in [2.75, 3.05) is 27.6 Å². The molecule has 35 heavy (non-hydrogen) atoms. The minimum atomic E-state index is -0.408. The van der Waals surface area contributed by atoms with E-state index in [0.717, 1.165) is 22.3 Å². The number of fused-ring (bicyclic) bond motifs is 3. The first-order chi connectivity index (χ1) is 16.9. The van der Waals surface area contributed by atoms with Crippen LogP contribution in [0.15, 0.2) is 63.1 Å². The summed E-state index contributed by atoms with van der Waals surface area (Å²) in [6.07, 6.45) is 3.08. The number of amides is 1. The maximum Gasteiger partial charge on any atom is 0.252 e. The summed E-state index contributed by atoms with van der Waals surface area (Å²) in [7, 11) is 4.73. The Morgan fingerprint density at radius 1 is 1.03 bits per heavy atom. The molecule has 0 radical (unpaired) electrons. The van der Waals surface area contributed by atoms with Crippen LogP contribution in [-0.2, 0) is 6.42 Å². The predicted molar refractivity (Wildman–Crippen MR) is 142 cm³/mol. The molecule has 1 amide bonds. The fraction of sp³-hybridized carbons (Fsp3) is 0.259. The zero-order chi connectivity index (χ0) is 25.1. The predicted octanol–water partition coefficient (Wildman–Crippen LogP) is 5.17. The molecule has 0 saturated carbocycles. The number of ether oxygens (including phenoxy) is 3. The number of benzene rings is 2. The lowest BCUT2D eigenvalue weighted by Gasteiger charge is -2.20. The van der Waals surface area contributed by atoms with Crippen LogP contribution in [-0.4, -0.2) is 33.5 Å². The Bertz CT molecular complexity index is 1340. The van der Waals surface area contributed by atoms with Gasteiger partial charge in [0.1, 0.15) is 0 Å². The van der Waals surface area contributed by atoms with Crippen molar-refractivity contribution >= 4 is 30.3 Å². The van der Waals surface area contributed by atoms with E-state index < -0.39 is 6.04 Å². The highest BCUT2D eigenvalue weighted by atomic mass is 32.2. The van der Waals surface area contributed by atoms with E-state index in [0.29, 0.717) is 45.4 Å². The number of thiol groups is 1. The molecule has 0 fully saturated rings. The van der Waals surface area contributed by atoms with Gasteiger partial charge in [0.2, 0.25) is 5.75 Å². The molecule has 1 N–H and O–H groups in total. The van der Waals surface area contributed by atoms with E-state index in [4.69, 9.17) is 14.2 Å². The highest BCUT2D eigenvalue weighted by Crippen LogP contribution is 2.50. The maximum absolute atomic E-state index is 13.2. The van der Waals surface area contributed by atoms with Crippen molar-refractivity contribution in [3.05, 3.63) is 75.4 Å². The number of carbonyl (C=O) groups is 1. The van der Waals surface area contributed by atoms with E-state index in [1.165, 1.54) is 11.8 Å². The Hall–Kier alpha value is -3.10. The molecule has 3 aromatic rings. The topological polar surface area (TPSA) is 73.9 Å². The van der Waals surface area contributed by atoms with Crippen LogP contribution >= 0.6 is 24.4 Å². The number of rotatable bonds is 6. The van der Waals surface area contributed by atoms with Gasteiger partial charge in [0.15, 0.2) is 16.9 Å². The van der Waals surface area contributed by atoms with E-state index in [9.17, 15) is 9.59 Å². The molecule has 0 bridgehead atoms. The van der Waals surface area contributed by atoms with Crippen LogP contribution in [0.25, 0.3) is 11.1 Å². The van der Waals surface area contributed by atoms with Crippen molar-refractivity contribution in [2.45, 2.75) is 28.7 Å². The number of methoxy groups -OCH3 is 3. The average molecular weight is 510 g/mol. The Morgan fingerprint density at radius 2 is 1.77 bits per heavy atom. The summed E-state index contributed by atoms with van der Waals surface area (Å²) >= 11 is 5.82. The summed E-state index contributed by atoms with van der Waals surface area (Å²) in [4.78, 5) is 27.5. The molecule has 3 aromatic carbocycles. The lowest BCUT2D eigenvalue weighted by molar-refractivity contribution is 0.0932. The molecule has 1 aliphatic rings. The van der Waals surface area contributed by atoms with Crippen LogP contribution in [0.4, 0.5) is 0 Å². The Balaban J connectivity index is 1.95. The minimum absolute atomic E-state index is 0.101. The molecule has 6 nitrogen and oxygen atoms in total. The van der Waals surface area contributed by atoms with Crippen LogP contribution in [0, 0.1) is 0 Å². The molecule has 1 atom stereocenters. The first kappa shape index (κ1) is 25.0. The molecular formula is C27H27NO5S2. The van der Waals surface area contributed by atoms with Crippen molar-refractivity contribution < 1.29 is 19.0 Å². The van der Waals surface area contributed by atoms with Gasteiger partial charge in [-0.3, -0.25) is 9.59 Å². The highest BCUT2D eigenvalue weighted by molar-refractivity contribution is 7.98. The van der Waals surface area contributed by atoms with Gasteiger partial charge < -0.3 is 19.5 Å². The summed E-state index contributed by atoms with van der Waals surface area (Å²) in [5.41, 5.74) is 3.72. The largest absolute Gasteiger partial charge is 0.493 e. The highest BCUT2D eigenvalue weighted by Gasteiger charge is 2.30. The normalized spacial score (nSPS) is 14.3. The molecule has 4 rings (SSSR count). The summed E-state index contributed by atoms with van der Waals surface area (Å²) in [5, 5.41) is 3.14. The van der Waals surface area contributed by atoms with Crippen LogP contribution in [0.2, 0.25) is 0 Å². The second kappa shape index (κ2) is 10.7. The van der Waals surface area contributed by atoms with Crippen molar-refractivity contribution in [2.24, 2.45) is 0 Å². The third-order valence-corrected chi connectivity index (χ3v) is 7.34. The molecule has 0 spiro atoms. The van der Waals surface area contributed by atoms with Crippen LogP contribution in [0.5, 0.6) is 17.2 Å². The van der Waals surface area contributed by atoms with Gasteiger partial charge in [-0.2, -0.15) is 0 Å². The monoisotopic (exact) mass is 509 g/mol. The second-order valence-electron chi connectivity index (χ2n) is 8.04. The summed E-state index contributed by atoms with van der Waals surface area (Å²) in [6.45, 7) is 0. The fourth-order valence-corrected chi connectivity index (χ4v) is 5.24. The Labute approximate surface area is 214 Å². The summed E-state index contributed by atoms with van der Waals surface area (Å²) in [5.74, 6) is 1.32. The Morgan fingerprint density at radius 3 is 2.43 bits per heavy atom. The van der Waals surface area contributed by atoms with Crippen molar-refractivity contribution in [1.29, 1.82) is 0 Å². The standard InChI is InChI=1S/C27H27NO5S2/c1-31-21-13-15-9-11-19(28-27(30)17-7-5-6-8-22(17)34)18-14-20(29)23(35-4)12-10-16(18)24(15)26(33-3)25(21)32-2/h5-8,10,12-14,19,34H,9,11H2,1-4H3,(H,28,30)/t19-/m0/s1. The molecule has 8 heteroatoms. The number of carbonyl (C=O) groups excluding carboxylic acids is 1. The first-order valence-corrected chi connectivity index (χ1v) is 12.7. The van der Waals surface area contributed by atoms with Crippen molar-refractivity contribution in [1.82, 2.24) is 5.32 Å². The maximum atomic E-state index is 13.2. The van der Waals surface area contributed by atoms with Crippen LogP contribution in [0.1, 0.15) is 33.9 Å². The van der Waals surface area contributed by atoms with Gasteiger partial charge >= 0.3 is 0 Å². The van der Waals surface area contributed by atoms with E-state index >= 15 is 0 Å². The van der Waals surface area contributed by atoms with Gasteiger partial charge in [-0.1, -0.05) is 18.2 Å². The lowest BCUT2D eigenvalue weighted by Crippen LogP contribution is -2.29. The van der Waals surface area contributed by atoms with E-state index in [1.807, 2.05) is 30.5 Å². The van der Waals surface area contributed by atoms with Gasteiger partial charge in [0.05, 0.1) is 37.8 Å². The quantitative estimate of drug-likeness (QED) is 0.353. The molecule has 1 aliphatic carbocycles. The third kappa shape index (κ3) is 4.73. The molecular weight excluding hydrogens is 482 g/mol. The van der Waals surface area contributed by atoms with Gasteiger partial charge in [0.25, 0.3) is 5.91 Å². The molecule has 0 unspecified atom stereocenters. The van der Waals surface area contributed by atoms with Gasteiger partial charge in [0, 0.05) is 10.5 Å². The molecule has 0 heterocycles. The summed E-state index contributed by atoms with van der Waals surface area (Å²) in [6, 6.07) is 14.0. The van der Waals surface area contributed by atoms with E-state index in [-0.39, 0.29) is 11.3 Å². The smallest absolute Gasteiger partial charge is 0.252 e. The second-order valence-corrected chi connectivity index (χ2v) is 9.37. The minimum Gasteiger partial charge on any atom is -0.493 e. The van der Waals surface area contributed by atoms with E-state index in [1.54, 1.807) is 45.6 Å². The number of hydrogen-bond acceptors (Lipinski definition) is 7. The molecule has 0 saturated heterocycles. The zero-order valence-corrected chi connectivity index (χ0v) is 21.7. The third-order valence-electron chi connectivity index (χ3n) is 6.17. The van der Waals surface area contributed by atoms with Crippen LogP contribution in [0.3, 0.4) is 0 Å². The zero-order valence-electron chi connectivity index (χ0n) is 20.0. The first-order valence-electron chi connectivity index (χ1n) is 11.1. The van der Waals surface area contributed by atoms with Crippen molar-refractivity contribution in [3.8, 4) is 28.4 Å². The molecule has 182 valence electrons. The van der Waals surface area contributed by atoms with E-state index in [2.05, 4.69) is 17.9 Å². The van der Waals surface area contributed by atoms with Crippen LogP contribution < -0.4 is 25.0 Å². The molecule has 0 aromatic heterocycles. The number of nitrogens with one attached hydrogen (secondary N) is 1. The number of hydrogen-bond donors (Lipinski definition) is 2. The van der Waals surface area contributed by atoms with Gasteiger partial charge in [-0.05, 0) is 66.1 Å². The van der Waals surface area contributed by atoms with Crippen molar-refractivity contribution in [3.63, 3.8) is 0 Å². The molecule has 0 aliphatic heterocycles. The Kier molecular flexibility index (Phi) is 7.62. The average Bonchev–Trinajstić information content (AvgIpc) is 3.11. The number of aryl methyl sites for hydroxylation is 1. The lowest BCUT2D eigenvalue weighted by atomic mass is 9.95. The van der Waals surface area contributed by atoms with Gasteiger partial charge in [-0.25, -0.2) is 0 Å².